The Morgan fingerprint density at radius 1 is 1.40 bits per heavy atom. The Balaban J connectivity index is 2.09. The fourth-order valence-electron chi connectivity index (χ4n) is 1.61. The summed E-state index contributed by atoms with van der Waals surface area (Å²) in [6, 6.07) is 1.79. The molecule has 0 saturated carbocycles. The van der Waals surface area contributed by atoms with Gasteiger partial charge in [0.15, 0.2) is 0 Å². The van der Waals surface area contributed by atoms with Gasteiger partial charge in [-0.15, -0.1) is 0 Å². The second-order valence-electron chi connectivity index (χ2n) is 3.85. The summed E-state index contributed by atoms with van der Waals surface area (Å²) >= 11 is 1.28. The fourth-order valence-corrected chi connectivity index (χ4v) is 2.30. The molecule has 0 spiro atoms. The molecule has 1 aliphatic rings. The molecule has 1 atom stereocenters. The van der Waals surface area contributed by atoms with Crippen LogP contribution in [0.1, 0.15) is 17.7 Å². The van der Waals surface area contributed by atoms with Crippen LogP contribution in [0.2, 0.25) is 0 Å². The summed E-state index contributed by atoms with van der Waals surface area (Å²) < 4.78 is 29.5. The van der Waals surface area contributed by atoms with Gasteiger partial charge in [0, 0.05) is 23.9 Å². The molecule has 82 valence electrons. The number of aliphatic hydroxyl groups is 1. The van der Waals surface area contributed by atoms with Crippen molar-refractivity contribution in [1.82, 2.24) is 4.37 Å². The average Bonchev–Trinajstić information content (AvgIpc) is 2.64. The van der Waals surface area contributed by atoms with Gasteiger partial charge in [-0.3, -0.25) is 0 Å². The van der Waals surface area contributed by atoms with Crippen LogP contribution in [0.3, 0.4) is 0 Å². The zero-order valence-corrected chi connectivity index (χ0v) is 8.81. The predicted molar refractivity (Wildman–Crippen MR) is 54.1 cm³/mol. The number of nitrogens with zero attached hydrogens (tertiary/aromatic N) is 1. The van der Waals surface area contributed by atoms with Crippen LogP contribution in [0.5, 0.6) is 0 Å². The molecule has 15 heavy (non-hydrogen) atoms. The van der Waals surface area contributed by atoms with Crippen LogP contribution in [0.25, 0.3) is 0 Å². The molecule has 0 fully saturated rings. The number of aromatic nitrogens is 1. The number of halogens is 2. The zero-order valence-electron chi connectivity index (χ0n) is 7.99. The lowest BCUT2D eigenvalue weighted by Crippen LogP contribution is -2.35. The van der Waals surface area contributed by atoms with Crippen molar-refractivity contribution < 1.29 is 13.9 Å². The fraction of sp³-hybridized carbons (Fsp3) is 0.500. The molecular formula is C10H11F2NOS. The minimum atomic E-state index is -2.76. The van der Waals surface area contributed by atoms with Gasteiger partial charge in [-0.05, 0) is 30.1 Å². The first-order chi connectivity index (χ1) is 6.99. The predicted octanol–water partition coefficient (Wildman–Crippen LogP) is 2.40. The smallest absolute Gasteiger partial charge is 0.266 e. The number of alkyl halides is 2. The maximum Gasteiger partial charge on any atom is 0.266 e. The summed E-state index contributed by atoms with van der Waals surface area (Å²) in [4.78, 5) is 0.910. The first-order valence-electron chi connectivity index (χ1n) is 4.69. The van der Waals surface area contributed by atoms with Crippen molar-refractivity contribution in [2.75, 3.05) is 0 Å². The lowest BCUT2D eigenvalue weighted by Gasteiger charge is -2.30. The minimum absolute atomic E-state index is 0.0917. The molecule has 0 radical (unpaired) electrons. The summed E-state index contributed by atoms with van der Waals surface area (Å²) in [6.07, 6.45) is 3.83. The Bertz CT molecular complexity index is 364. The van der Waals surface area contributed by atoms with Gasteiger partial charge in [0.05, 0.1) is 5.60 Å². The molecule has 1 aromatic rings. The second-order valence-corrected chi connectivity index (χ2v) is 4.77. The molecule has 1 aromatic heterocycles. The molecule has 2 rings (SSSR count). The van der Waals surface area contributed by atoms with Crippen LogP contribution in [0, 0.1) is 0 Å². The Kier molecular flexibility index (Phi) is 2.60. The standard InChI is InChI=1S/C10H11F2NOS/c11-10(12)4-2-9(14,3-5-10)7-8-1-6-13-15-8/h1-2,4,6,14H,3,5,7H2. The summed E-state index contributed by atoms with van der Waals surface area (Å²) in [5, 5.41) is 10.0. The van der Waals surface area contributed by atoms with E-state index in [2.05, 4.69) is 4.37 Å². The molecule has 0 aliphatic heterocycles. The maximum absolute atomic E-state index is 12.8. The first-order valence-corrected chi connectivity index (χ1v) is 5.47. The summed E-state index contributed by atoms with van der Waals surface area (Å²) in [7, 11) is 0. The van der Waals surface area contributed by atoms with Crippen molar-refractivity contribution in [1.29, 1.82) is 0 Å². The number of hydrogen-bond donors (Lipinski definition) is 1. The molecule has 1 unspecified atom stereocenters. The lowest BCUT2D eigenvalue weighted by atomic mass is 9.86. The van der Waals surface area contributed by atoms with E-state index in [0.29, 0.717) is 6.42 Å². The van der Waals surface area contributed by atoms with Gasteiger partial charge in [-0.25, -0.2) is 13.2 Å². The quantitative estimate of drug-likeness (QED) is 0.793. The van der Waals surface area contributed by atoms with E-state index in [1.54, 1.807) is 12.3 Å². The van der Waals surface area contributed by atoms with Crippen LogP contribution in [-0.2, 0) is 6.42 Å². The van der Waals surface area contributed by atoms with E-state index in [4.69, 9.17) is 0 Å². The van der Waals surface area contributed by atoms with Crippen molar-refractivity contribution >= 4 is 11.5 Å². The minimum Gasteiger partial charge on any atom is -0.385 e. The third kappa shape index (κ3) is 2.60. The van der Waals surface area contributed by atoms with Gasteiger partial charge in [0.1, 0.15) is 0 Å². The SMILES string of the molecule is OC1(Cc2ccns2)C=CC(F)(F)CC1. The number of hydrogen-bond acceptors (Lipinski definition) is 3. The largest absolute Gasteiger partial charge is 0.385 e. The van der Waals surface area contributed by atoms with Crippen LogP contribution >= 0.6 is 11.5 Å². The van der Waals surface area contributed by atoms with E-state index in [-0.39, 0.29) is 12.8 Å². The van der Waals surface area contributed by atoms with Crippen molar-refractivity contribution in [3.63, 3.8) is 0 Å². The summed E-state index contributed by atoms with van der Waals surface area (Å²) in [6.45, 7) is 0. The molecule has 2 nitrogen and oxygen atoms in total. The highest BCUT2D eigenvalue weighted by Crippen LogP contribution is 2.34. The van der Waals surface area contributed by atoms with E-state index in [0.717, 1.165) is 11.0 Å². The molecule has 0 amide bonds. The van der Waals surface area contributed by atoms with Gasteiger partial charge >= 0.3 is 0 Å². The average molecular weight is 231 g/mol. The molecule has 1 aliphatic carbocycles. The van der Waals surface area contributed by atoms with Crippen LogP contribution in [-0.4, -0.2) is 21.0 Å². The Morgan fingerprint density at radius 2 is 2.20 bits per heavy atom. The second kappa shape index (κ2) is 3.64. The van der Waals surface area contributed by atoms with E-state index >= 15 is 0 Å². The number of rotatable bonds is 2. The van der Waals surface area contributed by atoms with E-state index in [1.165, 1.54) is 17.6 Å². The van der Waals surface area contributed by atoms with E-state index in [9.17, 15) is 13.9 Å². The highest BCUT2D eigenvalue weighted by atomic mass is 32.1. The maximum atomic E-state index is 12.8. The van der Waals surface area contributed by atoms with Crippen LogP contribution < -0.4 is 0 Å². The highest BCUT2D eigenvalue weighted by Gasteiger charge is 2.37. The molecule has 1 heterocycles. The van der Waals surface area contributed by atoms with Gasteiger partial charge < -0.3 is 5.11 Å². The highest BCUT2D eigenvalue weighted by molar-refractivity contribution is 7.05. The van der Waals surface area contributed by atoms with Gasteiger partial charge in [-0.2, -0.15) is 0 Å². The molecule has 0 saturated heterocycles. The Morgan fingerprint density at radius 3 is 2.73 bits per heavy atom. The zero-order chi connectivity index (χ0) is 10.9. The van der Waals surface area contributed by atoms with Crippen molar-refractivity contribution in [2.45, 2.75) is 30.8 Å². The normalized spacial score (nSPS) is 29.3. The molecule has 5 heteroatoms. The third-order valence-corrected chi connectivity index (χ3v) is 3.24. The van der Waals surface area contributed by atoms with Gasteiger partial charge in [0.2, 0.25) is 0 Å². The summed E-state index contributed by atoms with van der Waals surface area (Å²) in [5.41, 5.74) is -1.13. The third-order valence-electron chi connectivity index (χ3n) is 2.50. The van der Waals surface area contributed by atoms with Crippen molar-refractivity contribution in [2.24, 2.45) is 0 Å². The molecule has 1 N–H and O–H groups in total. The molecular weight excluding hydrogens is 220 g/mol. The van der Waals surface area contributed by atoms with Gasteiger partial charge in [-0.1, -0.05) is 6.08 Å². The topological polar surface area (TPSA) is 33.1 Å². The first kappa shape index (κ1) is 10.7. The van der Waals surface area contributed by atoms with Crippen molar-refractivity contribution in [3.05, 3.63) is 29.3 Å². The number of allylic oxidation sites excluding steroid dienone is 1. The lowest BCUT2D eigenvalue weighted by molar-refractivity contribution is -0.0111. The Labute approximate surface area is 90.4 Å². The molecule has 0 aromatic carbocycles. The molecule has 0 bridgehead atoms. The van der Waals surface area contributed by atoms with E-state index in [1.807, 2.05) is 0 Å². The van der Waals surface area contributed by atoms with Gasteiger partial charge in [0.25, 0.3) is 5.92 Å². The van der Waals surface area contributed by atoms with Crippen LogP contribution in [0.15, 0.2) is 24.4 Å². The van der Waals surface area contributed by atoms with Crippen molar-refractivity contribution in [3.8, 4) is 0 Å². The van der Waals surface area contributed by atoms with E-state index < -0.39 is 11.5 Å². The van der Waals surface area contributed by atoms with Crippen LogP contribution in [0.4, 0.5) is 8.78 Å². The monoisotopic (exact) mass is 231 g/mol. The summed E-state index contributed by atoms with van der Waals surface area (Å²) in [5.74, 6) is -2.76. The Hall–Kier alpha value is -0.810.